The van der Waals surface area contributed by atoms with E-state index in [4.69, 9.17) is 0 Å². The summed E-state index contributed by atoms with van der Waals surface area (Å²) in [7, 11) is 0. The fraction of sp³-hybridized carbons (Fsp3) is 0.579. The zero-order chi connectivity index (χ0) is 17.8. The number of carbonyl (C=O) groups is 2. The third-order valence-corrected chi connectivity index (χ3v) is 5.13. The molecular formula is C19H26FN3O2. The summed E-state index contributed by atoms with van der Waals surface area (Å²) in [4.78, 5) is 28.1. The molecular weight excluding hydrogens is 321 g/mol. The maximum Gasteiger partial charge on any atom is 0.318 e. The Morgan fingerprint density at radius 1 is 1.28 bits per heavy atom. The predicted molar refractivity (Wildman–Crippen MR) is 93.8 cm³/mol. The first-order valence-corrected chi connectivity index (χ1v) is 9.16. The summed E-state index contributed by atoms with van der Waals surface area (Å²) in [5, 5.41) is 2.99. The van der Waals surface area contributed by atoms with Crippen molar-refractivity contribution in [2.75, 3.05) is 26.2 Å². The second-order valence-corrected chi connectivity index (χ2v) is 6.99. The first-order chi connectivity index (χ1) is 12.1. The third-order valence-electron chi connectivity index (χ3n) is 5.13. The smallest absolute Gasteiger partial charge is 0.318 e. The van der Waals surface area contributed by atoms with E-state index in [-0.39, 0.29) is 36.3 Å². The normalized spacial score (nSPS) is 23.8. The highest BCUT2D eigenvalue weighted by molar-refractivity contribution is 5.84. The van der Waals surface area contributed by atoms with Gasteiger partial charge in [0.2, 0.25) is 5.91 Å². The lowest BCUT2D eigenvalue weighted by atomic mass is 9.76. The van der Waals surface area contributed by atoms with Gasteiger partial charge in [-0.1, -0.05) is 25.1 Å². The first-order valence-electron chi connectivity index (χ1n) is 9.16. The average molecular weight is 347 g/mol. The maximum absolute atomic E-state index is 13.8. The molecule has 136 valence electrons. The second-order valence-electron chi connectivity index (χ2n) is 6.99. The highest BCUT2D eigenvalue weighted by Gasteiger charge is 2.34. The lowest BCUT2D eigenvalue weighted by Gasteiger charge is -2.37. The number of carbonyl (C=O) groups excluding carboxylic acids is 2. The summed E-state index contributed by atoms with van der Waals surface area (Å²) in [6.07, 6.45) is 3.23. The number of nitrogens with zero attached hydrogens (tertiary/aromatic N) is 2. The fourth-order valence-corrected chi connectivity index (χ4v) is 3.66. The third kappa shape index (κ3) is 4.11. The van der Waals surface area contributed by atoms with Crippen LogP contribution >= 0.6 is 0 Å². The summed E-state index contributed by atoms with van der Waals surface area (Å²) in [6, 6.07) is 6.70. The minimum atomic E-state index is -0.177. The molecule has 2 aliphatic rings. The van der Waals surface area contributed by atoms with Crippen LogP contribution < -0.4 is 5.32 Å². The van der Waals surface area contributed by atoms with Crippen LogP contribution in [-0.4, -0.2) is 54.0 Å². The summed E-state index contributed by atoms with van der Waals surface area (Å²) in [5.41, 5.74) is 0.730. The molecule has 2 fully saturated rings. The van der Waals surface area contributed by atoms with E-state index in [9.17, 15) is 14.0 Å². The van der Waals surface area contributed by atoms with Gasteiger partial charge in [0.05, 0.1) is 0 Å². The molecule has 0 unspecified atom stereocenters. The molecule has 0 spiro atoms. The number of hydrogen-bond acceptors (Lipinski definition) is 2. The second kappa shape index (κ2) is 7.85. The van der Waals surface area contributed by atoms with E-state index in [1.54, 1.807) is 11.0 Å². The summed E-state index contributed by atoms with van der Waals surface area (Å²) >= 11 is 0. The summed E-state index contributed by atoms with van der Waals surface area (Å²) < 4.78 is 13.8. The number of halogens is 1. The minimum Gasteiger partial charge on any atom is -0.341 e. The number of rotatable bonds is 4. The van der Waals surface area contributed by atoms with Gasteiger partial charge < -0.3 is 15.1 Å². The molecule has 3 rings (SSSR count). The fourth-order valence-electron chi connectivity index (χ4n) is 3.66. The highest BCUT2D eigenvalue weighted by Crippen LogP contribution is 2.38. The molecule has 1 saturated heterocycles. The van der Waals surface area contributed by atoms with Crippen LogP contribution in [-0.2, 0) is 4.79 Å². The zero-order valence-electron chi connectivity index (χ0n) is 14.7. The lowest BCUT2D eigenvalue weighted by Crippen LogP contribution is -2.51. The average Bonchev–Trinajstić information content (AvgIpc) is 2.74. The SMILES string of the molecule is CCCN1CCCN(C(=O)NC2CC(c3ccccc3F)C2)CC1=O. The Bertz CT molecular complexity index is 631. The van der Waals surface area contributed by atoms with E-state index in [2.05, 4.69) is 5.32 Å². The van der Waals surface area contributed by atoms with Crippen molar-refractivity contribution in [1.82, 2.24) is 15.1 Å². The number of urea groups is 1. The standard InChI is InChI=1S/C19H26FN3O2/c1-2-8-22-9-5-10-23(13-18(22)24)19(25)21-15-11-14(12-15)16-6-3-4-7-17(16)20/h3-4,6-7,14-15H,2,5,8-13H2,1H3,(H,21,25). The van der Waals surface area contributed by atoms with Crippen LogP contribution in [0.4, 0.5) is 9.18 Å². The van der Waals surface area contributed by atoms with Gasteiger partial charge in [-0.3, -0.25) is 4.79 Å². The van der Waals surface area contributed by atoms with Crippen LogP contribution in [0.1, 0.15) is 44.1 Å². The van der Waals surface area contributed by atoms with E-state index in [1.165, 1.54) is 6.07 Å². The molecule has 0 radical (unpaired) electrons. The topological polar surface area (TPSA) is 52.6 Å². The van der Waals surface area contributed by atoms with Crippen molar-refractivity contribution in [3.05, 3.63) is 35.6 Å². The van der Waals surface area contributed by atoms with Crippen LogP contribution in [0.2, 0.25) is 0 Å². The Labute approximate surface area is 148 Å². The molecule has 0 atom stereocenters. The molecule has 0 bridgehead atoms. The zero-order valence-corrected chi connectivity index (χ0v) is 14.7. The maximum atomic E-state index is 13.8. The van der Waals surface area contributed by atoms with Crippen molar-refractivity contribution in [2.45, 2.75) is 44.6 Å². The van der Waals surface area contributed by atoms with Gasteiger partial charge in [0.1, 0.15) is 12.4 Å². The number of nitrogens with one attached hydrogen (secondary N) is 1. The monoisotopic (exact) mass is 347 g/mol. The molecule has 1 aromatic rings. The molecule has 1 aliphatic heterocycles. The number of hydrogen-bond donors (Lipinski definition) is 1. The Kier molecular flexibility index (Phi) is 5.56. The highest BCUT2D eigenvalue weighted by atomic mass is 19.1. The number of benzene rings is 1. The summed E-state index contributed by atoms with van der Waals surface area (Å²) in [5.74, 6) is 0.0102. The van der Waals surface area contributed by atoms with E-state index in [1.807, 2.05) is 24.0 Å². The van der Waals surface area contributed by atoms with Crippen molar-refractivity contribution in [3.63, 3.8) is 0 Å². The molecule has 5 nitrogen and oxygen atoms in total. The molecule has 25 heavy (non-hydrogen) atoms. The van der Waals surface area contributed by atoms with Gasteiger partial charge in [-0.05, 0) is 43.2 Å². The van der Waals surface area contributed by atoms with Crippen LogP contribution in [0, 0.1) is 5.82 Å². The molecule has 3 amide bonds. The molecule has 0 aromatic heterocycles. The molecule has 6 heteroatoms. The molecule has 1 heterocycles. The van der Waals surface area contributed by atoms with Crippen molar-refractivity contribution >= 4 is 11.9 Å². The van der Waals surface area contributed by atoms with Crippen molar-refractivity contribution < 1.29 is 14.0 Å². The van der Waals surface area contributed by atoms with Crippen LogP contribution in [0.5, 0.6) is 0 Å². The molecule has 1 aliphatic carbocycles. The quantitative estimate of drug-likeness (QED) is 0.910. The molecule has 1 aromatic carbocycles. The van der Waals surface area contributed by atoms with Gasteiger partial charge in [-0.25, -0.2) is 9.18 Å². The van der Waals surface area contributed by atoms with Gasteiger partial charge in [0.15, 0.2) is 0 Å². The van der Waals surface area contributed by atoms with Gasteiger partial charge in [-0.2, -0.15) is 0 Å². The Morgan fingerprint density at radius 2 is 2.04 bits per heavy atom. The van der Waals surface area contributed by atoms with E-state index in [0.717, 1.165) is 44.3 Å². The van der Waals surface area contributed by atoms with Gasteiger partial charge in [-0.15, -0.1) is 0 Å². The Hall–Kier alpha value is -2.11. The van der Waals surface area contributed by atoms with Crippen LogP contribution in [0.25, 0.3) is 0 Å². The van der Waals surface area contributed by atoms with Crippen LogP contribution in [0.15, 0.2) is 24.3 Å². The van der Waals surface area contributed by atoms with E-state index >= 15 is 0 Å². The van der Waals surface area contributed by atoms with E-state index < -0.39 is 0 Å². The number of amides is 3. The lowest BCUT2D eigenvalue weighted by molar-refractivity contribution is -0.130. The summed E-state index contributed by atoms with van der Waals surface area (Å²) in [6.45, 7) is 4.26. The first kappa shape index (κ1) is 17.7. The van der Waals surface area contributed by atoms with Crippen molar-refractivity contribution in [3.8, 4) is 0 Å². The van der Waals surface area contributed by atoms with Gasteiger partial charge in [0, 0.05) is 25.7 Å². The van der Waals surface area contributed by atoms with Crippen molar-refractivity contribution in [2.24, 2.45) is 0 Å². The van der Waals surface area contributed by atoms with Gasteiger partial charge in [0.25, 0.3) is 0 Å². The largest absolute Gasteiger partial charge is 0.341 e. The van der Waals surface area contributed by atoms with E-state index in [0.29, 0.717) is 6.54 Å². The van der Waals surface area contributed by atoms with Crippen molar-refractivity contribution in [1.29, 1.82) is 0 Å². The van der Waals surface area contributed by atoms with Gasteiger partial charge >= 0.3 is 6.03 Å². The Balaban J connectivity index is 1.49. The van der Waals surface area contributed by atoms with Crippen LogP contribution in [0.3, 0.4) is 0 Å². The molecule has 1 saturated carbocycles. The Morgan fingerprint density at radius 3 is 2.76 bits per heavy atom. The minimum absolute atomic E-state index is 0.0207. The predicted octanol–water partition coefficient (Wildman–Crippen LogP) is 2.73. The molecule has 1 N–H and O–H groups in total.